The average molecular weight is 368 g/mol. The normalized spacial score (nSPS) is 11.2. The van der Waals surface area contributed by atoms with E-state index >= 15 is 0 Å². The van der Waals surface area contributed by atoms with E-state index in [4.69, 9.17) is 21.4 Å². The molecule has 0 radical (unpaired) electrons. The number of ether oxygens (including phenoxy) is 1. The van der Waals surface area contributed by atoms with E-state index in [0.29, 0.717) is 5.69 Å². The Bertz CT molecular complexity index is 1140. The van der Waals surface area contributed by atoms with Gasteiger partial charge in [-0.05, 0) is 29.3 Å². The molecule has 130 valence electrons. The number of aromatic nitrogens is 3. The minimum Gasteiger partial charge on any atom is -0.497 e. The van der Waals surface area contributed by atoms with E-state index in [1.807, 2.05) is 30.3 Å². The molecule has 2 heterocycles. The largest absolute Gasteiger partial charge is 0.497 e. The van der Waals surface area contributed by atoms with Crippen LogP contribution in [0.25, 0.3) is 33.2 Å². The predicted octanol–water partition coefficient (Wildman–Crippen LogP) is 4.07. The molecule has 2 aromatic heterocycles. The zero-order valence-electron chi connectivity index (χ0n) is 13.8. The summed E-state index contributed by atoms with van der Waals surface area (Å²) in [5.41, 5.74) is 4.58. The molecule has 0 aliphatic heterocycles. The number of nitrogens with zero attached hydrogens (tertiary/aromatic N) is 2. The molecule has 26 heavy (non-hydrogen) atoms. The third-order valence-electron chi connectivity index (χ3n) is 4.21. The zero-order valence-corrected chi connectivity index (χ0v) is 14.5. The van der Waals surface area contributed by atoms with Crippen LogP contribution in [0.15, 0.2) is 42.5 Å². The van der Waals surface area contributed by atoms with Crippen molar-refractivity contribution in [3.05, 3.63) is 53.3 Å². The van der Waals surface area contributed by atoms with Crippen LogP contribution in [0.1, 0.15) is 5.56 Å². The molecule has 0 atom stereocenters. The fourth-order valence-electron chi connectivity index (χ4n) is 3.01. The van der Waals surface area contributed by atoms with Gasteiger partial charge in [-0.2, -0.15) is 0 Å². The van der Waals surface area contributed by atoms with Crippen molar-refractivity contribution in [1.29, 1.82) is 0 Å². The fraction of sp³-hybridized carbons (Fsp3) is 0.105. The lowest BCUT2D eigenvalue weighted by Gasteiger charge is -2.05. The predicted molar refractivity (Wildman–Crippen MR) is 99.7 cm³/mol. The van der Waals surface area contributed by atoms with Crippen molar-refractivity contribution >= 4 is 39.5 Å². The number of hydrogen-bond acceptors (Lipinski definition) is 4. The summed E-state index contributed by atoms with van der Waals surface area (Å²) in [4.78, 5) is 22.9. The third kappa shape index (κ3) is 2.84. The van der Waals surface area contributed by atoms with Gasteiger partial charge in [-0.3, -0.25) is 4.79 Å². The first-order chi connectivity index (χ1) is 12.5. The number of carboxylic acids is 1. The monoisotopic (exact) mass is 367 g/mol. The summed E-state index contributed by atoms with van der Waals surface area (Å²) in [5, 5.41) is 9.98. The molecule has 0 spiro atoms. The molecule has 2 N–H and O–H groups in total. The number of fused-ring (bicyclic) bond motifs is 3. The molecule has 2 aromatic carbocycles. The Kier molecular flexibility index (Phi) is 3.97. The summed E-state index contributed by atoms with van der Waals surface area (Å²) < 4.78 is 5.27. The minimum absolute atomic E-state index is 0.0214. The van der Waals surface area contributed by atoms with Crippen LogP contribution in [-0.2, 0) is 11.2 Å². The molecule has 0 saturated carbocycles. The maximum absolute atomic E-state index is 10.8. The van der Waals surface area contributed by atoms with Crippen molar-refractivity contribution in [2.45, 2.75) is 6.42 Å². The molecule has 0 saturated heterocycles. The summed E-state index contributed by atoms with van der Waals surface area (Å²) in [6, 6.07) is 12.9. The number of benzene rings is 2. The fourth-order valence-corrected chi connectivity index (χ4v) is 3.17. The maximum Gasteiger partial charge on any atom is 0.307 e. The van der Waals surface area contributed by atoms with Crippen LogP contribution in [0.4, 0.5) is 0 Å². The second-order valence-corrected chi connectivity index (χ2v) is 6.21. The van der Waals surface area contributed by atoms with Gasteiger partial charge in [0.25, 0.3) is 0 Å². The van der Waals surface area contributed by atoms with Crippen LogP contribution in [0.2, 0.25) is 5.28 Å². The van der Waals surface area contributed by atoms with Gasteiger partial charge in [-0.15, -0.1) is 0 Å². The standard InChI is InChI=1S/C19H14ClN3O3/c1-26-12-6-7-13-14(9-12)21-18-16(22-19(20)23-17(13)18)11-4-2-10(3-5-11)8-15(24)25/h2-7,9,21H,8H2,1H3,(H,24,25). The highest BCUT2D eigenvalue weighted by atomic mass is 35.5. The van der Waals surface area contributed by atoms with Gasteiger partial charge in [0.05, 0.1) is 30.3 Å². The average Bonchev–Trinajstić information content (AvgIpc) is 2.98. The number of carboxylic acid groups (broad SMARTS) is 1. The van der Waals surface area contributed by atoms with Gasteiger partial charge in [-0.25, -0.2) is 9.97 Å². The smallest absolute Gasteiger partial charge is 0.307 e. The number of aromatic amines is 1. The van der Waals surface area contributed by atoms with E-state index < -0.39 is 5.97 Å². The lowest BCUT2D eigenvalue weighted by Crippen LogP contribution is -1.99. The van der Waals surface area contributed by atoms with E-state index in [1.54, 1.807) is 19.2 Å². The molecule has 4 aromatic rings. The van der Waals surface area contributed by atoms with E-state index in [9.17, 15) is 4.79 Å². The first-order valence-electron chi connectivity index (χ1n) is 7.89. The quantitative estimate of drug-likeness (QED) is 0.531. The van der Waals surface area contributed by atoms with E-state index in [0.717, 1.165) is 38.8 Å². The second kappa shape index (κ2) is 6.31. The second-order valence-electron chi connectivity index (χ2n) is 5.87. The van der Waals surface area contributed by atoms with Crippen LogP contribution in [-0.4, -0.2) is 33.1 Å². The summed E-state index contributed by atoms with van der Waals surface area (Å²) in [5.74, 6) is -0.127. The topological polar surface area (TPSA) is 88.1 Å². The number of H-pyrrole nitrogens is 1. The molecule has 0 aliphatic carbocycles. The number of methoxy groups -OCH3 is 1. The van der Waals surface area contributed by atoms with Crippen LogP contribution in [0.3, 0.4) is 0 Å². The third-order valence-corrected chi connectivity index (χ3v) is 4.38. The number of rotatable bonds is 4. The van der Waals surface area contributed by atoms with Crippen molar-refractivity contribution < 1.29 is 14.6 Å². The molecule has 0 unspecified atom stereocenters. The lowest BCUT2D eigenvalue weighted by atomic mass is 10.1. The first-order valence-corrected chi connectivity index (χ1v) is 8.27. The Hall–Kier alpha value is -3.12. The van der Waals surface area contributed by atoms with Crippen molar-refractivity contribution in [2.75, 3.05) is 7.11 Å². The van der Waals surface area contributed by atoms with Crippen molar-refractivity contribution in [2.24, 2.45) is 0 Å². The molecule has 0 amide bonds. The number of nitrogens with one attached hydrogen (secondary N) is 1. The Morgan fingerprint density at radius 2 is 1.96 bits per heavy atom. The Morgan fingerprint density at radius 3 is 2.65 bits per heavy atom. The summed E-state index contributed by atoms with van der Waals surface area (Å²) in [6.07, 6.45) is -0.0214. The van der Waals surface area contributed by atoms with Gasteiger partial charge in [0.2, 0.25) is 5.28 Å². The number of hydrogen-bond donors (Lipinski definition) is 2. The van der Waals surface area contributed by atoms with E-state index in [-0.39, 0.29) is 11.7 Å². The van der Waals surface area contributed by atoms with Crippen LogP contribution in [0.5, 0.6) is 5.75 Å². The molecule has 4 rings (SSSR count). The van der Waals surface area contributed by atoms with Crippen molar-refractivity contribution in [3.8, 4) is 17.0 Å². The Balaban J connectivity index is 1.90. The van der Waals surface area contributed by atoms with Crippen LogP contribution >= 0.6 is 11.6 Å². The zero-order chi connectivity index (χ0) is 18.3. The first kappa shape index (κ1) is 16.4. The highest BCUT2D eigenvalue weighted by Gasteiger charge is 2.15. The molecule has 0 bridgehead atoms. The van der Waals surface area contributed by atoms with Gasteiger partial charge >= 0.3 is 5.97 Å². The molecule has 7 heteroatoms. The minimum atomic E-state index is -0.866. The number of halogens is 1. The van der Waals surface area contributed by atoms with Crippen molar-refractivity contribution in [1.82, 2.24) is 15.0 Å². The van der Waals surface area contributed by atoms with Gasteiger partial charge in [0.15, 0.2) is 0 Å². The van der Waals surface area contributed by atoms with E-state index in [2.05, 4.69) is 15.0 Å². The maximum atomic E-state index is 10.8. The molecule has 0 aliphatic rings. The lowest BCUT2D eigenvalue weighted by molar-refractivity contribution is -0.136. The van der Waals surface area contributed by atoms with Crippen molar-refractivity contribution in [3.63, 3.8) is 0 Å². The SMILES string of the molecule is COc1ccc2c(c1)[nH]c1c(-c3ccc(CC(=O)O)cc3)nc(Cl)nc12. The number of carbonyl (C=O) groups is 1. The van der Waals surface area contributed by atoms with E-state index in [1.165, 1.54) is 0 Å². The van der Waals surface area contributed by atoms with Gasteiger partial charge in [0.1, 0.15) is 11.3 Å². The highest BCUT2D eigenvalue weighted by molar-refractivity contribution is 6.29. The van der Waals surface area contributed by atoms with Gasteiger partial charge < -0.3 is 14.8 Å². The molecule has 6 nitrogen and oxygen atoms in total. The highest BCUT2D eigenvalue weighted by Crippen LogP contribution is 2.33. The molecular formula is C19H14ClN3O3. The summed E-state index contributed by atoms with van der Waals surface area (Å²) in [6.45, 7) is 0. The molecular weight excluding hydrogens is 354 g/mol. The van der Waals surface area contributed by atoms with Gasteiger partial charge in [0, 0.05) is 17.0 Å². The molecule has 0 fully saturated rings. The van der Waals surface area contributed by atoms with Crippen LogP contribution in [0, 0.1) is 0 Å². The van der Waals surface area contributed by atoms with Gasteiger partial charge in [-0.1, -0.05) is 24.3 Å². The Morgan fingerprint density at radius 1 is 1.19 bits per heavy atom. The Labute approximate surface area is 153 Å². The summed E-state index contributed by atoms with van der Waals surface area (Å²) >= 11 is 6.15. The summed E-state index contributed by atoms with van der Waals surface area (Å²) in [7, 11) is 1.62. The van der Waals surface area contributed by atoms with Crippen LogP contribution < -0.4 is 4.74 Å². The number of aliphatic carboxylic acids is 1.